The molecule has 88 valence electrons. The van der Waals surface area contributed by atoms with Crippen LogP contribution < -0.4 is 0 Å². The van der Waals surface area contributed by atoms with Gasteiger partial charge in [-0.1, -0.05) is 0 Å². The minimum absolute atomic E-state index is 0.0303. The van der Waals surface area contributed by atoms with Crippen molar-refractivity contribution in [3.63, 3.8) is 0 Å². The lowest BCUT2D eigenvalue weighted by molar-refractivity contribution is -0.129. The van der Waals surface area contributed by atoms with Gasteiger partial charge < -0.3 is 10.0 Å². The second-order valence-electron chi connectivity index (χ2n) is 4.30. The molecule has 1 aromatic heterocycles. The summed E-state index contributed by atoms with van der Waals surface area (Å²) < 4.78 is 0. The Bertz CT molecular complexity index is 391. The smallest absolute Gasteiger partial charge is 0.223 e. The van der Waals surface area contributed by atoms with Crippen LogP contribution >= 0.6 is 11.3 Å². The Balaban J connectivity index is 2.10. The minimum Gasteiger partial charge on any atom is -0.396 e. The predicted octanol–water partition coefficient (Wildman–Crippen LogP) is 1.35. The highest BCUT2D eigenvalue weighted by atomic mass is 32.1. The molecule has 0 bridgehead atoms. The van der Waals surface area contributed by atoms with E-state index in [1.165, 1.54) is 0 Å². The fraction of sp³-hybridized carbons (Fsp3) is 0.636. The van der Waals surface area contributed by atoms with Crippen LogP contribution in [0.15, 0.2) is 5.38 Å². The van der Waals surface area contributed by atoms with Crippen LogP contribution in [0.4, 0.5) is 0 Å². The summed E-state index contributed by atoms with van der Waals surface area (Å²) in [6.45, 7) is 4.69. The summed E-state index contributed by atoms with van der Waals surface area (Å²) in [5, 5.41) is 12.0. The van der Waals surface area contributed by atoms with Gasteiger partial charge in [0.2, 0.25) is 5.91 Å². The van der Waals surface area contributed by atoms with Crippen molar-refractivity contribution < 1.29 is 9.90 Å². The number of hydrogen-bond acceptors (Lipinski definition) is 4. The van der Waals surface area contributed by atoms with E-state index in [1.807, 2.05) is 24.1 Å². The van der Waals surface area contributed by atoms with E-state index in [0.717, 1.165) is 10.7 Å². The third kappa shape index (κ3) is 2.10. The SMILES string of the molecule is Cc1csc(C(C)N2CC(CO)CC2=O)n1. The molecule has 0 aromatic carbocycles. The molecule has 2 heterocycles. The molecule has 0 radical (unpaired) electrons. The molecule has 0 spiro atoms. The zero-order valence-electron chi connectivity index (χ0n) is 9.51. The van der Waals surface area contributed by atoms with E-state index in [9.17, 15) is 4.79 Å². The lowest BCUT2D eigenvalue weighted by Gasteiger charge is -2.22. The van der Waals surface area contributed by atoms with Gasteiger partial charge in [-0.3, -0.25) is 4.79 Å². The normalized spacial score (nSPS) is 22.8. The first kappa shape index (κ1) is 11.5. The van der Waals surface area contributed by atoms with Crippen molar-refractivity contribution in [2.24, 2.45) is 5.92 Å². The summed E-state index contributed by atoms with van der Waals surface area (Å²) in [7, 11) is 0. The number of hydrogen-bond donors (Lipinski definition) is 1. The maximum atomic E-state index is 11.8. The molecule has 2 unspecified atom stereocenters. The lowest BCUT2D eigenvalue weighted by Crippen LogP contribution is -2.28. The van der Waals surface area contributed by atoms with E-state index in [2.05, 4.69) is 4.98 Å². The standard InChI is InChI=1S/C11H16N2O2S/c1-7-6-16-11(12-7)8(2)13-4-9(5-14)3-10(13)15/h6,8-9,14H,3-5H2,1-2H3. The first-order chi connectivity index (χ1) is 7.61. The number of rotatable bonds is 3. The van der Waals surface area contributed by atoms with Crippen molar-refractivity contribution in [2.75, 3.05) is 13.2 Å². The van der Waals surface area contributed by atoms with Crippen molar-refractivity contribution in [2.45, 2.75) is 26.3 Å². The molecule has 0 aliphatic carbocycles. The van der Waals surface area contributed by atoms with Gasteiger partial charge in [0.1, 0.15) is 5.01 Å². The molecular weight excluding hydrogens is 224 g/mol. The fourth-order valence-electron chi connectivity index (χ4n) is 2.00. The molecular formula is C11H16N2O2S. The zero-order valence-corrected chi connectivity index (χ0v) is 10.3. The third-order valence-corrected chi connectivity index (χ3v) is 4.09. The molecule has 1 N–H and O–H groups in total. The molecule has 1 saturated heterocycles. The number of carbonyl (C=O) groups is 1. The van der Waals surface area contributed by atoms with Gasteiger partial charge in [-0.2, -0.15) is 0 Å². The van der Waals surface area contributed by atoms with Crippen molar-refractivity contribution in [3.8, 4) is 0 Å². The van der Waals surface area contributed by atoms with Gasteiger partial charge in [0.15, 0.2) is 0 Å². The minimum atomic E-state index is 0.0303. The molecule has 1 aliphatic heterocycles. The Morgan fingerprint density at radius 3 is 3.00 bits per heavy atom. The molecule has 2 atom stereocenters. The van der Waals surface area contributed by atoms with Crippen LogP contribution in [0.1, 0.15) is 30.1 Å². The Hall–Kier alpha value is -0.940. The topological polar surface area (TPSA) is 53.4 Å². The van der Waals surface area contributed by atoms with Crippen LogP contribution in [0.25, 0.3) is 0 Å². The van der Waals surface area contributed by atoms with Gasteiger partial charge in [-0.15, -0.1) is 11.3 Å². The van der Waals surface area contributed by atoms with Gasteiger partial charge in [-0.25, -0.2) is 4.98 Å². The third-order valence-electron chi connectivity index (χ3n) is 2.96. The van der Waals surface area contributed by atoms with E-state index >= 15 is 0 Å². The number of aliphatic hydroxyl groups excluding tert-OH is 1. The molecule has 1 aromatic rings. The van der Waals surface area contributed by atoms with Crippen molar-refractivity contribution in [1.29, 1.82) is 0 Å². The quantitative estimate of drug-likeness (QED) is 0.867. The Labute approximate surface area is 98.9 Å². The second kappa shape index (κ2) is 4.51. The van der Waals surface area contributed by atoms with E-state index < -0.39 is 0 Å². The maximum absolute atomic E-state index is 11.8. The fourth-order valence-corrected chi connectivity index (χ4v) is 2.87. The van der Waals surface area contributed by atoms with Crippen LogP contribution in [-0.2, 0) is 4.79 Å². The van der Waals surface area contributed by atoms with Crippen LogP contribution in [0.2, 0.25) is 0 Å². The molecule has 1 fully saturated rings. The highest BCUT2D eigenvalue weighted by molar-refractivity contribution is 7.09. The van der Waals surface area contributed by atoms with Crippen LogP contribution in [-0.4, -0.2) is 34.0 Å². The number of thiazole rings is 1. The summed E-state index contributed by atoms with van der Waals surface area (Å²) in [6.07, 6.45) is 0.463. The van der Waals surface area contributed by atoms with Gasteiger partial charge in [0, 0.05) is 36.6 Å². The number of nitrogens with zero attached hydrogens (tertiary/aromatic N) is 2. The number of amides is 1. The number of carbonyl (C=O) groups excluding carboxylic acids is 1. The molecule has 2 rings (SSSR count). The van der Waals surface area contributed by atoms with Crippen molar-refractivity contribution >= 4 is 17.2 Å². The van der Waals surface area contributed by atoms with Crippen molar-refractivity contribution in [1.82, 2.24) is 9.88 Å². The van der Waals surface area contributed by atoms with Crippen LogP contribution in [0.5, 0.6) is 0 Å². The second-order valence-corrected chi connectivity index (χ2v) is 5.19. The number of aryl methyl sites for hydroxylation is 1. The predicted molar refractivity (Wildman–Crippen MR) is 62.2 cm³/mol. The Kier molecular flexibility index (Phi) is 3.25. The number of likely N-dealkylation sites (tertiary alicyclic amines) is 1. The molecule has 0 saturated carbocycles. The van der Waals surface area contributed by atoms with E-state index in [1.54, 1.807) is 11.3 Å². The summed E-state index contributed by atoms with van der Waals surface area (Å²) in [5.41, 5.74) is 0.997. The molecule has 1 aliphatic rings. The van der Waals surface area contributed by atoms with E-state index in [0.29, 0.717) is 13.0 Å². The maximum Gasteiger partial charge on any atom is 0.223 e. The summed E-state index contributed by atoms with van der Waals surface area (Å²) in [5.74, 6) is 0.218. The first-order valence-corrected chi connectivity index (χ1v) is 6.32. The highest BCUT2D eigenvalue weighted by Crippen LogP contribution is 2.29. The largest absolute Gasteiger partial charge is 0.396 e. The average Bonchev–Trinajstić information content (AvgIpc) is 2.83. The number of aliphatic hydroxyl groups is 1. The monoisotopic (exact) mass is 240 g/mol. The Morgan fingerprint density at radius 1 is 1.75 bits per heavy atom. The molecule has 1 amide bonds. The van der Waals surface area contributed by atoms with Gasteiger partial charge in [0.25, 0.3) is 0 Å². The van der Waals surface area contributed by atoms with Crippen LogP contribution in [0, 0.1) is 12.8 Å². The molecule has 5 heteroatoms. The van der Waals surface area contributed by atoms with Gasteiger partial charge in [0.05, 0.1) is 6.04 Å². The Morgan fingerprint density at radius 2 is 2.50 bits per heavy atom. The first-order valence-electron chi connectivity index (χ1n) is 5.44. The van der Waals surface area contributed by atoms with Gasteiger partial charge in [-0.05, 0) is 13.8 Å². The molecule has 16 heavy (non-hydrogen) atoms. The van der Waals surface area contributed by atoms with Gasteiger partial charge >= 0.3 is 0 Å². The van der Waals surface area contributed by atoms with E-state index in [4.69, 9.17) is 5.11 Å². The molecule has 4 nitrogen and oxygen atoms in total. The summed E-state index contributed by atoms with van der Waals surface area (Å²) in [6, 6.07) is 0.0303. The average molecular weight is 240 g/mol. The zero-order chi connectivity index (χ0) is 11.7. The summed E-state index contributed by atoms with van der Waals surface area (Å²) >= 11 is 1.59. The van der Waals surface area contributed by atoms with Crippen molar-refractivity contribution in [3.05, 3.63) is 16.1 Å². The highest BCUT2D eigenvalue weighted by Gasteiger charge is 2.33. The van der Waals surface area contributed by atoms with E-state index in [-0.39, 0.29) is 24.5 Å². The summed E-state index contributed by atoms with van der Waals surface area (Å²) in [4.78, 5) is 18.0. The lowest BCUT2D eigenvalue weighted by atomic mass is 10.1. The van der Waals surface area contributed by atoms with Crippen LogP contribution in [0.3, 0.4) is 0 Å². The number of aromatic nitrogens is 1.